The van der Waals surface area contributed by atoms with Gasteiger partial charge < -0.3 is 5.32 Å². The summed E-state index contributed by atoms with van der Waals surface area (Å²) >= 11 is 1.27. The first kappa shape index (κ1) is 17.9. The Morgan fingerprint density at radius 1 is 1.15 bits per heavy atom. The number of sulfone groups is 1. The molecule has 2 aromatic carbocycles. The summed E-state index contributed by atoms with van der Waals surface area (Å²) in [4.78, 5) is 13.2. The Bertz CT molecular complexity index is 1130. The summed E-state index contributed by atoms with van der Waals surface area (Å²) in [6, 6.07) is 12.7. The van der Waals surface area contributed by atoms with E-state index in [2.05, 4.69) is 5.32 Å². The van der Waals surface area contributed by atoms with Crippen LogP contribution in [0.15, 0.2) is 63.7 Å². The number of thiophene rings is 1. The highest BCUT2D eigenvalue weighted by Gasteiger charge is 2.34. The molecule has 1 aliphatic rings. The lowest BCUT2D eigenvalue weighted by Gasteiger charge is -2.23. The third kappa shape index (κ3) is 3.17. The van der Waals surface area contributed by atoms with Crippen molar-refractivity contribution >= 4 is 32.8 Å². The predicted octanol–water partition coefficient (Wildman–Crippen LogP) is 4.50. The lowest BCUT2D eigenvalue weighted by atomic mass is 9.91. The molecular weight excluding hydrogens is 385 g/mol. The normalized spacial score (nSPS) is 16.7. The van der Waals surface area contributed by atoms with Crippen molar-refractivity contribution < 1.29 is 17.6 Å². The number of hydrogen-bond donors (Lipinski definition) is 1. The smallest absolute Gasteiger partial charge is 0.225 e. The summed E-state index contributed by atoms with van der Waals surface area (Å²) in [5, 5.41) is 4.26. The van der Waals surface area contributed by atoms with Crippen LogP contribution in [-0.2, 0) is 14.6 Å². The summed E-state index contributed by atoms with van der Waals surface area (Å²) in [6.45, 7) is 1.88. The molecule has 0 radical (unpaired) electrons. The Labute approximate surface area is 160 Å². The first-order valence-corrected chi connectivity index (χ1v) is 10.7. The number of halogens is 1. The van der Waals surface area contributed by atoms with E-state index in [4.69, 9.17) is 0 Å². The third-order valence-electron chi connectivity index (χ3n) is 4.63. The molecule has 1 N–H and O–H groups in total. The van der Waals surface area contributed by atoms with E-state index in [1.54, 1.807) is 41.8 Å². The van der Waals surface area contributed by atoms with E-state index >= 15 is 0 Å². The Kier molecular flexibility index (Phi) is 4.36. The molecule has 0 unspecified atom stereocenters. The molecule has 0 saturated carbocycles. The van der Waals surface area contributed by atoms with Crippen molar-refractivity contribution in [3.05, 3.63) is 75.7 Å². The topological polar surface area (TPSA) is 63.2 Å². The van der Waals surface area contributed by atoms with Crippen LogP contribution >= 0.6 is 11.3 Å². The van der Waals surface area contributed by atoms with E-state index in [0.29, 0.717) is 11.3 Å². The molecule has 0 saturated heterocycles. The van der Waals surface area contributed by atoms with Crippen LogP contribution in [0, 0.1) is 12.7 Å². The van der Waals surface area contributed by atoms with Gasteiger partial charge in [-0.1, -0.05) is 29.8 Å². The number of rotatable bonds is 3. The quantitative estimate of drug-likeness (QED) is 0.703. The van der Waals surface area contributed by atoms with E-state index in [1.165, 1.54) is 23.5 Å². The van der Waals surface area contributed by atoms with Gasteiger partial charge in [-0.15, -0.1) is 11.3 Å². The van der Waals surface area contributed by atoms with Crippen LogP contribution in [-0.4, -0.2) is 14.3 Å². The van der Waals surface area contributed by atoms with Crippen LogP contribution < -0.4 is 5.32 Å². The van der Waals surface area contributed by atoms with Crippen molar-refractivity contribution in [2.45, 2.75) is 29.1 Å². The summed E-state index contributed by atoms with van der Waals surface area (Å²) in [7, 11) is -3.77. The first-order chi connectivity index (χ1) is 12.9. The largest absolute Gasteiger partial charge is 0.324 e. The molecule has 2 heterocycles. The minimum absolute atomic E-state index is 0.0841. The van der Waals surface area contributed by atoms with Gasteiger partial charge in [-0.3, -0.25) is 4.79 Å². The molecular formula is C20H16FNO3S2. The van der Waals surface area contributed by atoms with Crippen LogP contribution in [0.25, 0.3) is 0 Å². The van der Waals surface area contributed by atoms with Crippen LogP contribution in [0.2, 0.25) is 0 Å². The zero-order valence-corrected chi connectivity index (χ0v) is 16.0. The average molecular weight is 401 g/mol. The molecule has 0 spiro atoms. The maximum absolute atomic E-state index is 13.7. The highest BCUT2D eigenvalue weighted by Crippen LogP contribution is 2.45. The summed E-state index contributed by atoms with van der Waals surface area (Å²) < 4.78 is 39.8. The van der Waals surface area contributed by atoms with Crippen molar-refractivity contribution in [2.24, 2.45) is 0 Å². The first-order valence-electron chi connectivity index (χ1n) is 8.35. The van der Waals surface area contributed by atoms with Crippen LogP contribution in [0.5, 0.6) is 0 Å². The van der Waals surface area contributed by atoms with Crippen LogP contribution in [0.3, 0.4) is 0 Å². The van der Waals surface area contributed by atoms with Crippen molar-refractivity contribution in [1.82, 2.24) is 0 Å². The highest BCUT2D eigenvalue weighted by molar-refractivity contribution is 7.91. The number of benzene rings is 2. The van der Waals surface area contributed by atoms with Crippen molar-refractivity contribution in [2.75, 3.05) is 5.32 Å². The van der Waals surface area contributed by atoms with Crippen molar-refractivity contribution in [1.29, 1.82) is 0 Å². The van der Waals surface area contributed by atoms with Gasteiger partial charge in [-0.2, -0.15) is 0 Å². The lowest BCUT2D eigenvalue weighted by molar-refractivity contribution is -0.116. The predicted molar refractivity (Wildman–Crippen MR) is 102 cm³/mol. The monoisotopic (exact) mass is 401 g/mol. The number of aryl methyl sites for hydroxylation is 1. The van der Waals surface area contributed by atoms with Crippen LogP contribution in [0.1, 0.15) is 28.3 Å². The number of carbonyl (C=O) groups excluding carboxylic acids is 1. The molecule has 27 heavy (non-hydrogen) atoms. The van der Waals surface area contributed by atoms with Gasteiger partial charge >= 0.3 is 0 Å². The zero-order chi connectivity index (χ0) is 19.2. The van der Waals surface area contributed by atoms with E-state index in [1.807, 2.05) is 6.92 Å². The number of fused-ring (bicyclic) bond motifs is 1. The maximum atomic E-state index is 13.7. The molecule has 0 aliphatic carbocycles. The van der Waals surface area contributed by atoms with Gasteiger partial charge in [0.1, 0.15) is 10.7 Å². The Hall–Kier alpha value is -2.51. The van der Waals surface area contributed by atoms with Gasteiger partial charge in [-0.05, 0) is 36.8 Å². The van der Waals surface area contributed by atoms with E-state index in [9.17, 15) is 17.6 Å². The molecule has 138 valence electrons. The fourth-order valence-electron chi connectivity index (χ4n) is 3.24. The Morgan fingerprint density at radius 3 is 2.59 bits per heavy atom. The second-order valence-corrected chi connectivity index (χ2v) is 9.34. The molecule has 1 aliphatic heterocycles. The summed E-state index contributed by atoms with van der Waals surface area (Å²) in [6.07, 6.45) is 0.154. The van der Waals surface area contributed by atoms with E-state index < -0.39 is 9.84 Å². The minimum atomic E-state index is -3.77. The Balaban J connectivity index is 1.83. The number of carbonyl (C=O) groups is 1. The van der Waals surface area contributed by atoms with E-state index in [0.717, 1.165) is 10.4 Å². The van der Waals surface area contributed by atoms with Crippen molar-refractivity contribution in [3.8, 4) is 0 Å². The summed E-state index contributed by atoms with van der Waals surface area (Å²) in [5.74, 6) is -1.03. The minimum Gasteiger partial charge on any atom is -0.324 e. The van der Waals surface area contributed by atoms with Gasteiger partial charge in [0.2, 0.25) is 15.7 Å². The molecule has 4 nitrogen and oxygen atoms in total. The third-order valence-corrected chi connectivity index (χ3v) is 7.67. The van der Waals surface area contributed by atoms with Gasteiger partial charge in [0.15, 0.2) is 0 Å². The molecule has 1 atom stereocenters. The zero-order valence-electron chi connectivity index (χ0n) is 14.4. The molecule has 3 aromatic rings. The fourth-order valence-corrected chi connectivity index (χ4v) is 6.15. The van der Waals surface area contributed by atoms with Gasteiger partial charge in [0, 0.05) is 22.6 Å². The maximum Gasteiger partial charge on any atom is 0.225 e. The molecule has 4 rings (SSSR count). The molecule has 7 heteroatoms. The SMILES string of the molecule is Cc1ccc(S(=O)(=O)c2csc3c2NC(=O)C[C@H]3c2cccc(F)c2)cc1. The van der Waals surface area contributed by atoms with Gasteiger partial charge in [0.05, 0.1) is 10.6 Å². The standard InChI is InChI=1S/C20H16FNO3S2/c1-12-5-7-15(8-6-12)27(24,25)17-11-26-20-16(10-18(23)22-19(17)20)13-3-2-4-14(21)9-13/h2-9,11,16H,10H2,1H3,(H,22,23)/t16-/m0/s1. The Morgan fingerprint density at radius 2 is 1.89 bits per heavy atom. The van der Waals surface area contributed by atoms with E-state index in [-0.39, 0.29) is 33.9 Å². The number of anilines is 1. The van der Waals surface area contributed by atoms with Gasteiger partial charge in [-0.25, -0.2) is 12.8 Å². The number of hydrogen-bond acceptors (Lipinski definition) is 4. The number of amides is 1. The second-order valence-electron chi connectivity index (χ2n) is 6.52. The molecule has 0 bridgehead atoms. The summed E-state index contributed by atoms with van der Waals surface area (Å²) in [5.41, 5.74) is 1.93. The lowest BCUT2D eigenvalue weighted by Crippen LogP contribution is -2.23. The number of nitrogens with one attached hydrogen (secondary N) is 1. The fraction of sp³-hybridized carbons (Fsp3) is 0.150. The second kappa shape index (κ2) is 6.58. The molecule has 1 amide bonds. The molecule has 1 aromatic heterocycles. The van der Waals surface area contributed by atoms with Gasteiger partial charge in [0.25, 0.3) is 0 Å². The molecule has 0 fully saturated rings. The highest BCUT2D eigenvalue weighted by atomic mass is 32.2. The van der Waals surface area contributed by atoms with Crippen molar-refractivity contribution in [3.63, 3.8) is 0 Å². The average Bonchev–Trinajstić information content (AvgIpc) is 3.06. The van der Waals surface area contributed by atoms with Crippen LogP contribution in [0.4, 0.5) is 10.1 Å².